The molecule has 11 rings (SSSR count). The molecule has 3 heteroatoms. The van der Waals surface area contributed by atoms with E-state index in [2.05, 4.69) is 240 Å². The zero-order chi connectivity index (χ0) is 37.8. The minimum absolute atomic E-state index is 1.14. The maximum atomic E-state index is 2.53. The van der Waals surface area contributed by atoms with Gasteiger partial charge in [-0.25, -0.2) is 0 Å². The summed E-state index contributed by atoms with van der Waals surface area (Å²) in [6, 6.07) is 85.2. The Morgan fingerprint density at radius 2 is 0.807 bits per heavy atom. The van der Waals surface area contributed by atoms with Crippen LogP contribution in [0.2, 0.25) is 0 Å². The van der Waals surface area contributed by atoms with E-state index in [-0.39, 0.29) is 0 Å². The molecule has 0 fully saturated rings. The molecule has 0 aliphatic rings. The summed E-state index contributed by atoms with van der Waals surface area (Å²) < 4.78 is 5.00. The number of para-hydroxylation sites is 3. The number of fused-ring (bicyclic) bond motifs is 6. The lowest BCUT2D eigenvalue weighted by Crippen LogP contribution is -2.74. The first-order chi connectivity index (χ1) is 28.3. The fourth-order valence-electron chi connectivity index (χ4n) is 9.41. The largest absolute Gasteiger partial charge is 0.307 e. The fourth-order valence-corrected chi connectivity index (χ4v) is 14.2. The molecular weight excluding hydrogens is 705 g/mol. The van der Waals surface area contributed by atoms with E-state index in [0.29, 0.717) is 0 Å². The standard InChI is InChI=1S/C54H38N2Si/c1-6-19-39(20-7-1)40-33-36-51-49(37-40)48-30-18-32-52(54(48)55(51)41-21-8-2-9-22-41)56-50-31-17-16-29-46(50)47-35-34-45(38-53(47)56)57(42-23-10-3-11-24-42,43-25-12-4-13-26-43)44-27-14-5-15-28-44/h1-38H. The van der Waals surface area contributed by atoms with Crippen LogP contribution in [0.15, 0.2) is 231 Å². The first kappa shape index (κ1) is 33.2. The highest BCUT2D eigenvalue weighted by Crippen LogP contribution is 2.40. The quantitative estimate of drug-likeness (QED) is 0.114. The van der Waals surface area contributed by atoms with Crippen LogP contribution in [-0.4, -0.2) is 17.2 Å². The molecule has 0 spiro atoms. The number of hydrogen-bond acceptors (Lipinski definition) is 0. The van der Waals surface area contributed by atoms with Crippen molar-refractivity contribution in [3.8, 4) is 22.5 Å². The minimum Gasteiger partial charge on any atom is -0.307 e. The van der Waals surface area contributed by atoms with E-state index in [1.807, 2.05) is 0 Å². The topological polar surface area (TPSA) is 9.86 Å². The van der Waals surface area contributed by atoms with Crippen LogP contribution in [0.5, 0.6) is 0 Å². The smallest absolute Gasteiger partial charge is 0.179 e. The third-order valence-corrected chi connectivity index (χ3v) is 16.6. The molecule has 0 amide bonds. The van der Waals surface area contributed by atoms with Crippen LogP contribution in [0.3, 0.4) is 0 Å². The minimum atomic E-state index is -2.79. The summed E-state index contributed by atoms with van der Waals surface area (Å²) in [5, 5.41) is 10.4. The molecule has 268 valence electrons. The lowest BCUT2D eigenvalue weighted by Gasteiger charge is -2.34. The van der Waals surface area contributed by atoms with Gasteiger partial charge in [0.25, 0.3) is 0 Å². The van der Waals surface area contributed by atoms with Gasteiger partial charge in [-0.3, -0.25) is 0 Å². The van der Waals surface area contributed by atoms with Crippen molar-refractivity contribution in [3.05, 3.63) is 231 Å². The van der Waals surface area contributed by atoms with E-state index < -0.39 is 8.07 Å². The number of benzene rings is 9. The summed E-state index contributed by atoms with van der Waals surface area (Å²) in [5.41, 5.74) is 9.50. The molecule has 0 aliphatic heterocycles. The van der Waals surface area contributed by atoms with Gasteiger partial charge < -0.3 is 9.13 Å². The zero-order valence-electron chi connectivity index (χ0n) is 31.3. The number of nitrogens with zero attached hydrogens (tertiary/aromatic N) is 2. The van der Waals surface area contributed by atoms with Crippen molar-refractivity contribution in [3.63, 3.8) is 0 Å². The van der Waals surface area contributed by atoms with Crippen molar-refractivity contribution < 1.29 is 0 Å². The van der Waals surface area contributed by atoms with Gasteiger partial charge in [0.15, 0.2) is 8.07 Å². The van der Waals surface area contributed by atoms with Gasteiger partial charge in [-0.1, -0.05) is 188 Å². The van der Waals surface area contributed by atoms with Crippen LogP contribution in [0.25, 0.3) is 66.1 Å². The second-order valence-corrected chi connectivity index (χ2v) is 18.7. The molecule has 9 aromatic carbocycles. The third-order valence-electron chi connectivity index (χ3n) is 11.9. The normalized spacial score (nSPS) is 11.9. The number of hydrogen-bond donors (Lipinski definition) is 0. The highest BCUT2D eigenvalue weighted by atomic mass is 28.3. The van der Waals surface area contributed by atoms with E-state index in [1.54, 1.807) is 0 Å². The Kier molecular flexibility index (Phi) is 7.87. The van der Waals surface area contributed by atoms with Crippen molar-refractivity contribution in [1.29, 1.82) is 0 Å². The predicted octanol–water partition coefficient (Wildman–Crippen LogP) is 10.9. The van der Waals surface area contributed by atoms with Gasteiger partial charge in [-0.2, -0.15) is 0 Å². The van der Waals surface area contributed by atoms with Crippen LogP contribution in [0.4, 0.5) is 0 Å². The summed E-state index contributed by atoms with van der Waals surface area (Å²) in [6.45, 7) is 0. The Morgan fingerprint density at radius 1 is 0.281 bits per heavy atom. The molecule has 2 aromatic heterocycles. The Bertz CT molecular complexity index is 3110. The van der Waals surface area contributed by atoms with Crippen molar-refractivity contribution in [2.24, 2.45) is 0 Å². The van der Waals surface area contributed by atoms with Crippen molar-refractivity contribution in [1.82, 2.24) is 9.13 Å². The molecular formula is C54H38N2Si. The van der Waals surface area contributed by atoms with E-state index >= 15 is 0 Å². The lowest BCUT2D eigenvalue weighted by molar-refractivity contribution is 1.13. The number of aromatic nitrogens is 2. The van der Waals surface area contributed by atoms with Crippen LogP contribution in [0, 0.1) is 0 Å². The Labute approximate surface area is 333 Å². The highest BCUT2D eigenvalue weighted by molar-refractivity contribution is 7.20. The second kappa shape index (κ2) is 13.5. The molecule has 0 saturated heterocycles. The van der Waals surface area contributed by atoms with Crippen LogP contribution >= 0.6 is 0 Å². The zero-order valence-corrected chi connectivity index (χ0v) is 32.3. The lowest BCUT2D eigenvalue weighted by atomic mass is 10.0. The summed E-state index contributed by atoms with van der Waals surface area (Å²) in [7, 11) is -2.79. The Morgan fingerprint density at radius 3 is 1.46 bits per heavy atom. The van der Waals surface area contributed by atoms with Gasteiger partial charge in [0.2, 0.25) is 0 Å². The van der Waals surface area contributed by atoms with E-state index in [9.17, 15) is 0 Å². The van der Waals surface area contributed by atoms with Crippen molar-refractivity contribution in [2.45, 2.75) is 0 Å². The van der Waals surface area contributed by atoms with E-state index in [0.717, 1.165) is 11.4 Å². The molecule has 0 radical (unpaired) electrons. The molecule has 2 heterocycles. The van der Waals surface area contributed by atoms with Gasteiger partial charge in [-0.05, 0) is 74.3 Å². The average molecular weight is 743 g/mol. The predicted molar refractivity (Wildman–Crippen MR) is 244 cm³/mol. The molecule has 0 unspecified atom stereocenters. The summed E-state index contributed by atoms with van der Waals surface area (Å²) in [5.74, 6) is 0. The Hall–Kier alpha value is -7.20. The van der Waals surface area contributed by atoms with E-state index in [1.165, 1.54) is 75.5 Å². The highest BCUT2D eigenvalue weighted by Gasteiger charge is 2.41. The van der Waals surface area contributed by atoms with Gasteiger partial charge in [-0.15, -0.1) is 0 Å². The molecule has 57 heavy (non-hydrogen) atoms. The van der Waals surface area contributed by atoms with Gasteiger partial charge in [0.1, 0.15) is 0 Å². The molecule has 0 aliphatic carbocycles. The fraction of sp³-hybridized carbons (Fsp3) is 0. The summed E-state index contributed by atoms with van der Waals surface area (Å²) in [4.78, 5) is 0. The van der Waals surface area contributed by atoms with Crippen molar-refractivity contribution >= 4 is 72.4 Å². The SMILES string of the molecule is c1ccc(-c2ccc3c(c2)c2cccc(-n4c5ccccc5c5ccc([Si](c6ccccc6)(c6ccccc6)c6ccccc6)cc54)c2n3-c2ccccc2)cc1. The van der Waals surface area contributed by atoms with Crippen LogP contribution in [-0.2, 0) is 0 Å². The third kappa shape index (κ3) is 5.17. The summed E-state index contributed by atoms with van der Waals surface area (Å²) >= 11 is 0. The monoisotopic (exact) mass is 742 g/mol. The van der Waals surface area contributed by atoms with Crippen molar-refractivity contribution in [2.75, 3.05) is 0 Å². The van der Waals surface area contributed by atoms with Crippen LogP contribution in [0.1, 0.15) is 0 Å². The molecule has 2 nitrogen and oxygen atoms in total. The summed E-state index contributed by atoms with van der Waals surface area (Å²) in [6.07, 6.45) is 0. The van der Waals surface area contributed by atoms with E-state index in [4.69, 9.17) is 0 Å². The maximum Gasteiger partial charge on any atom is 0.179 e. The van der Waals surface area contributed by atoms with Gasteiger partial charge in [0, 0.05) is 27.2 Å². The average Bonchev–Trinajstić information content (AvgIpc) is 3.81. The van der Waals surface area contributed by atoms with Crippen LogP contribution < -0.4 is 20.7 Å². The first-order valence-corrected chi connectivity index (χ1v) is 21.7. The Balaban J connectivity index is 1.27. The maximum absolute atomic E-state index is 2.79. The van der Waals surface area contributed by atoms with Gasteiger partial charge in [0.05, 0.1) is 27.8 Å². The molecule has 0 bridgehead atoms. The molecule has 0 N–H and O–H groups in total. The second-order valence-electron chi connectivity index (χ2n) is 14.9. The van der Waals surface area contributed by atoms with Gasteiger partial charge >= 0.3 is 0 Å². The number of rotatable bonds is 7. The molecule has 0 saturated carbocycles. The molecule has 0 atom stereocenters. The molecule has 11 aromatic rings. The first-order valence-electron chi connectivity index (χ1n) is 19.7.